The molecule has 0 bridgehead atoms. The Morgan fingerprint density at radius 1 is 1.27 bits per heavy atom. The van der Waals surface area contributed by atoms with E-state index >= 15 is 0 Å². The summed E-state index contributed by atoms with van der Waals surface area (Å²) < 4.78 is 39.6. The minimum atomic E-state index is -4.45. The van der Waals surface area contributed by atoms with Crippen molar-refractivity contribution < 1.29 is 18.0 Å². The summed E-state index contributed by atoms with van der Waals surface area (Å²) in [5, 5.41) is 10.3. The molecule has 0 spiro atoms. The van der Waals surface area contributed by atoms with Gasteiger partial charge in [0.15, 0.2) is 11.5 Å². The highest BCUT2D eigenvalue weighted by Crippen LogP contribution is 2.29. The van der Waals surface area contributed by atoms with E-state index in [0.29, 0.717) is 12.1 Å². The van der Waals surface area contributed by atoms with Gasteiger partial charge in [0.2, 0.25) is 5.91 Å². The molecule has 0 aliphatic heterocycles. The number of amides is 1. The Hall–Kier alpha value is -1.58. The summed E-state index contributed by atoms with van der Waals surface area (Å²) in [7, 11) is 0. The van der Waals surface area contributed by atoms with Crippen molar-refractivity contribution in [2.45, 2.75) is 44.4 Å². The molecule has 1 saturated carbocycles. The molecule has 2 atom stereocenters. The molecule has 26 heavy (non-hydrogen) atoms. The lowest BCUT2D eigenvalue weighted by Crippen LogP contribution is -2.31. The van der Waals surface area contributed by atoms with Gasteiger partial charge in [-0.25, -0.2) is 0 Å². The van der Waals surface area contributed by atoms with Crippen molar-refractivity contribution in [3.63, 3.8) is 0 Å². The van der Waals surface area contributed by atoms with Crippen LogP contribution in [0.1, 0.15) is 37.1 Å². The van der Waals surface area contributed by atoms with Gasteiger partial charge in [0.1, 0.15) is 0 Å². The number of hydrogen-bond acceptors (Lipinski definition) is 4. The molecule has 6 nitrogen and oxygen atoms in total. The summed E-state index contributed by atoms with van der Waals surface area (Å²) in [4.78, 5) is 12.0. The molecule has 0 unspecified atom stereocenters. The first kappa shape index (κ1) is 22.5. The van der Waals surface area contributed by atoms with Crippen molar-refractivity contribution in [3.05, 3.63) is 29.7 Å². The standard InChI is InChI=1S/C15H18F3N5O.2ClH/c16-15(17,18)10-4-5-12-21-22-13(23(12)8-10)7-20-14(24)6-9-2-1-3-11(9)19;;/h4-5,8-9,11H,1-3,6-7,19H2,(H,20,24);2*1H/t9-,11+;;/m0../s1. The lowest BCUT2D eigenvalue weighted by atomic mass is 10.00. The van der Waals surface area contributed by atoms with E-state index in [1.807, 2.05) is 0 Å². The van der Waals surface area contributed by atoms with Crippen LogP contribution in [0.25, 0.3) is 5.65 Å². The first-order valence-corrected chi connectivity index (χ1v) is 7.78. The van der Waals surface area contributed by atoms with E-state index in [1.54, 1.807) is 0 Å². The normalized spacial score (nSPS) is 19.7. The van der Waals surface area contributed by atoms with Crippen molar-refractivity contribution >= 4 is 36.4 Å². The van der Waals surface area contributed by atoms with Crippen molar-refractivity contribution in [1.82, 2.24) is 19.9 Å². The molecule has 146 valence electrons. The third kappa shape index (κ3) is 4.99. The largest absolute Gasteiger partial charge is 0.417 e. The van der Waals surface area contributed by atoms with E-state index in [1.165, 1.54) is 10.5 Å². The zero-order valence-electron chi connectivity index (χ0n) is 13.7. The smallest absolute Gasteiger partial charge is 0.349 e. The fraction of sp³-hybridized carbons (Fsp3) is 0.533. The summed E-state index contributed by atoms with van der Waals surface area (Å²) in [6.45, 7) is 0.0171. The molecule has 0 aromatic carbocycles. The van der Waals surface area contributed by atoms with Crippen LogP contribution in [0.2, 0.25) is 0 Å². The first-order valence-electron chi connectivity index (χ1n) is 7.78. The van der Waals surface area contributed by atoms with Gasteiger partial charge in [-0.3, -0.25) is 9.20 Å². The minimum absolute atomic E-state index is 0. The maximum absolute atomic E-state index is 12.8. The summed E-state index contributed by atoms with van der Waals surface area (Å²) in [6.07, 6.45) is -0.314. The zero-order chi connectivity index (χ0) is 17.3. The van der Waals surface area contributed by atoms with E-state index in [0.717, 1.165) is 31.5 Å². The highest BCUT2D eigenvalue weighted by molar-refractivity contribution is 5.85. The number of carbonyl (C=O) groups excluding carboxylic acids is 1. The Morgan fingerprint density at radius 2 is 2.00 bits per heavy atom. The summed E-state index contributed by atoms with van der Waals surface area (Å²) in [5.74, 6) is 0.234. The van der Waals surface area contributed by atoms with Crippen LogP contribution >= 0.6 is 24.8 Å². The van der Waals surface area contributed by atoms with Gasteiger partial charge in [0.05, 0.1) is 12.1 Å². The lowest BCUT2D eigenvalue weighted by molar-refractivity contribution is -0.137. The van der Waals surface area contributed by atoms with Gasteiger partial charge >= 0.3 is 6.18 Å². The van der Waals surface area contributed by atoms with Crippen LogP contribution < -0.4 is 11.1 Å². The van der Waals surface area contributed by atoms with Gasteiger partial charge in [-0.1, -0.05) is 6.42 Å². The maximum atomic E-state index is 12.8. The monoisotopic (exact) mass is 413 g/mol. The molecular weight excluding hydrogens is 394 g/mol. The third-order valence-electron chi connectivity index (χ3n) is 4.41. The summed E-state index contributed by atoms with van der Waals surface area (Å²) >= 11 is 0. The molecule has 2 heterocycles. The van der Waals surface area contributed by atoms with E-state index < -0.39 is 11.7 Å². The number of rotatable bonds is 4. The van der Waals surface area contributed by atoms with Crippen LogP contribution in [-0.2, 0) is 17.5 Å². The molecule has 0 saturated heterocycles. The SMILES string of the molecule is Cl.Cl.N[C@@H]1CCC[C@H]1CC(=O)NCc1nnc2ccc(C(F)(F)F)cn12. The average molecular weight is 414 g/mol. The lowest BCUT2D eigenvalue weighted by Gasteiger charge is -2.14. The molecule has 11 heteroatoms. The second-order valence-corrected chi connectivity index (χ2v) is 6.10. The number of nitrogens with zero attached hydrogens (tertiary/aromatic N) is 3. The molecule has 3 rings (SSSR count). The highest BCUT2D eigenvalue weighted by Gasteiger charge is 2.31. The van der Waals surface area contributed by atoms with Crippen molar-refractivity contribution in [1.29, 1.82) is 0 Å². The number of pyridine rings is 1. The van der Waals surface area contributed by atoms with Gasteiger partial charge in [-0.15, -0.1) is 35.0 Å². The molecule has 3 N–H and O–H groups in total. The van der Waals surface area contributed by atoms with E-state index in [2.05, 4.69) is 15.5 Å². The van der Waals surface area contributed by atoms with Gasteiger partial charge in [-0.2, -0.15) is 13.2 Å². The fourth-order valence-electron chi connectivity index (χ4n) is 3.03. The molecule has 1 fully saturated rings. The van der Waals surface area contributed by atoms with Gasteiger partial charge < -0.3 is 11.1 Å². The van der Waals surface area contributed by atoms with E-state index in [4.69, 9.17) is 5.73 Å². The van der Waals surface area contributed by atoms with Crippen LogP contribution in [0.5, 0.6) is 0 Å². The van der Waals surface area contributed by atoms with Crippen LogP contribution in [-0.4, -0.2) is 26.5 Å². The summed E-state index contributed by atoms with van der Waals surface area (Å²) in [6, 6.07) is 2.24. The van der Waals surface area contributed by atoms with E-state index in [9.17, 15) is 18.0 Å². The third-order valence-corrected chi connectivity index (χ3v) is 4.41. The Morgan fingerprint density at radius 3 is 2.62 bits per heavy atom. The van der Waals surface area contributed by atoms with Crippen molar-refractivity contribution in [2.24, 2.45) is 11.7 Å². The molecular formula is C15H20Cl2F3N5O. The molecule has 1 amide bonds. The molecule has 1 aliphatic carbocycles. The topological polar surface area (TPSA) is 85.3 Å². The van der Waals surface area contributed by atoms with Crippen LogP contribution in [0, 0.1) is 5.92 Å². The number of alkyl halides is 3. The molecule has 2 aromatic rings. The maximum Gasteiger partial charge on any atom is 0.417 e. The Balaban J connectivity index is 0.00000169. The zero-order valence-corrected chi connectivity index (χ0v) is 15.3. The number of aromatic nitrogens is 3. The predicted octanol–water partition coefficient (Wildman–Crippen LogP) is 2.73. The highest BCUT2D eigenvalue weighted by atomic mass is 35.5. The van der Waals surface area contributed by atoms with Crippen molar-refractivity contribution in [2.75, 3.05) is 0 Å². The number of nitrogens with two attached hydrogens (primary N) is 1. The number of carbonyl (C=O) groups is 1. The van der Waals surface area contributed by atoms with Gasteiger partial charge in [-0.05, 0) is 30.9 Å². The Bertz CT molecular complexity index is 752. The predicted molar refractivity (Wildman–Crippen MR) is 94.3 cm³/mol. The van der Waals surface area contributed by atoms with Gasteiger partial charge in [0.25, 0.3) is 0 Å². The number of hydrogen-bond donors (Lipinski definition) is 2. The minimum Gasteiger partial charge on any atom is -0.349 e. The molecule has 2 aromatic heterocycles. The van der Waals surface area contributed by atoms with Crippen LogP contribution in [0.15, 0.2) is 18.3 Å². The Labute approximate surface area is 160 Å². The number of halogens is 5. The van der Waals surface area contributed by atoms with Crippen LogP contribution in [0.3, 0.4) is 0 Å². The molecule has 0 radical (unpaired) electrons. The molecule has 1 aliphatic rings. The second kappa shape index (κ2) is 8.88. The van der Waals surface area contributed by atoms with Gasteiger partial charge in [0, 0.05) is 18.7 Å². The number of nitrogens with one attached hydrogen (secondary N) is 1. The fourth-order valence-corrected chi connectivity index (χ4v) is 3.03. The first-order chi connectivity index (χ1) is 11.3. The van der Waals surface area contributed by atoms with Crippen LogP contribution in [0.4, 0.5) is 13.2 Å². The van der Waals surface area contributed by atoms with Crippen molar-refractivity contribution in [3.8, 4) is 0 Å². The quantitative estimate of drug-likeness (QED) is 0.806. The number of fused-ring (bicyclic) bond motifs is 1. The van der Waals surface area contributed by atoms with E-state index in [-0.39, 0.29) is 55.1 Å². The second-order valence-electron chi connectivity index (χ2n) is 6.10. The Kier molecular flexibility index (Phi) is 7.67. The average Bonchev–Trinajstić information content (AvgIpc) is 3.10. The summed E-state index contributed by atoms with van der Waals surface area (Å²) in [5.41, 5.74) is 5.44.